The number of hydrogen-bond donors (Lipinski definition) is 1. The lowest BCUT2D eigenvalue weighted by Gasteiger charge is -2.16. The third kappa shape index (κ3) is 5.09. The van der Waals surface area contributed by atoms with Crippen LogP contribution in [0.25, 0.3) is 0 Å². The summed E-state index contributed by atoms with van der Waals surface area (Å²) in [6.45, 7) is 1.35. The van der Waals surface area contributed by atoms with E-state index in [4.69, 9.17) is 16.3 Å². The lowest BCUT2D eigenvalue weighted by Crippen LogP contribution is -2.28. The van der Waals surface area contributed by atoms with Crippen molar-refractivity contribution >= 4 is 33.2 Å². The number of halogens is 1. The predicted molar refractivity (Wildman–Crippen MR) is 122 cm³/mol. The van der Waals surface area contributed by atoms with Gasteiger partial charge in [0.2, 0.25) is 15.9 Å². The lowest BCUT2D eigenvalue weighted by atomic mass is 10.2. The number of ether oxygens (including phenoxy) is 1. The summed E-state index contributed by atoms with van der Waals surface area (Å²) in [6.07, 6.45) is 3.13. The number of sulfonamides is 1. The molecule has 1 amide bonds. The van der Waals surface area contributed by atoms with Crippen LogP contribution in [0.4, 0.5) is 5.69 Å². The van der Waals surface area contributed by atoms with Gasteiger partial charge < -0.3 is 10.1 Å². The molecule has 0 radical (unpaired) electrons. The minimum Gasteiger partial charge on any atom is -0.473 e. The van der Waals surface area contributed by atoms with E-state index >= 15 is 0 Å². The van der Waals surface area contributed by atoms with Gasteiger partial charge in [0.25, 0.3) is 5.91 Å². The molecule has 1 aromatic heterocycles. The quantitative estimate of drug-likeness (QED) is 0.553. The summed E-state index contributed by atoms with van der Waals surface area (Å²) < 4.78 is 32.7. The minimum atomic E-state index is -3.65. The molecule has 1 aliphatic rings. The number of nitrogens with zero attached hydrogens (tertiary/aromatic N) is 2. The first kappa shape index (κ1) is 22.3. The maximum atomic E-state index is 12.8. The molecule has 4 rings (SSSR count). The summed E-state index contributed by atoms with van der Waals surface area (Å²) >= 11 is 6.19. The first-order chi connectivity index (χ1) is 15.4. The van der Waals surface area contributed by atoms with Gasteiger partial charge >= 0.3 is 0 Å². The Bertz CT molecular complexity index is 1200. The molecule has 0 saturated carbocycles. The van der Waals surface area contributed by atoms with E-state index in [-0.39, 0.29) is 15.5 Å². The normalized spacial score (nSPS) is 14.3. The largest absolute Gasteiger partial charge is 0.473 e. The highest BCUT2D eigenvalue weighted by Gasteiger charge is 2.28. The van der Waals surface area contributed by atoms with E-state index in [2.05, 4.69) is 10.3 Å². The number of nitrogens with one attached hydrogen (secondary N) is 1. The smallest absolute Gasteiger partial charge is 0.257 e. The molecule has 166 valence electrons. The van der Waals surface area contributed by atoms with E-state index in [1.165, 1.54) is 28.7 Å². The number of carbonyl (C=O) groups is 1. The first-order valence-corrected chi connectivity index (χ1v) is 12.0. The molecule has 0 atom stereocenters. The zero-order valence-electron chi connectivity index (χ0n) is 17.2. The number of carbonyl (C=O) groups excluding carboxylic acids is 1. The summed E-state index contributed by atoms with van der Waals surface area (Å²) in [6, 6.07) is 17.2. The van der Waals surface area contributed by atoms with Gasteiger partial charge in [-0.25, -0.2) is 13.4 Å². The number of amides is 1. The van der Waals surface area contributed by atoms with Gasteiger partial charge in [-0.15, -0.1) is 0 Å². The fourth-order valence-electron chi connectivity index (χ4n) is 3.39. The zero-order chi connectivity index (χ0) is 22.6. The molecule has 1 N–H and O–H groups in total. The molecule has 0 bridgehead atoms. The van der Waals surface area contributed by atoms with E-state index in [1.807, 2.05) is 30.3 Å². The fourth-order valence-corrected chi connectivity index (χ4v) is 5.13. The average Bonchev–Trinajstić information content (AvgIpc) is 3.35. The van der Waals surface area contributed by atoms with Crippen molar-refractivity contribution in [2.24, 2.45) is 0 Å². The molecule has 9 heteroatoms. The molecular weight excluding hydrogens is 450 g/mol. The van der Waals surface area contributed by atoms with Crippen molar-refractivity contribution in [1.29, 1.82) is 0 Å². The van der Waals surface area contributed by atoms with Crippen LogP contribution in [0.1, 0.15) is 28.8 Å². The summed E-state index contributed by atoms with van der Waals surface area (Å²) in [5.41, 5.74) is 1.53. The van der Waals surface area contributed by atoms with Crippen LogP contribution in [0.15, 0.2) is 71.8 Å². The SMILES string of the molecule is O=C(Nc1ccc(OCc2ccccc2)nc1)c1cc(S(=O)(=O)N2CCCC2)ccc1Cl. The van der Waals surface area contributed by atoms with Gasteiger partial charge in [-0.1, -0.05) is 41.9 Å². The van der Waals surface area contributed by atoms with Crippen LogP contribution in [0.2, 0.25) is 5.02 Å². The van der Waals surface area contributed by atoms with Crippen molar-refractivity contribution in [2.45, 2.75) is 24.3 Å². The maximum absolute atomic E-state index is 12.8. The number of pyridine rings is 1. The Hall–Kier alpha value is -2.94. The topological polar surface area (TPSA) is 88.6 Å². The molecule has 0 spiro atoms. The molecule has 1 saturated heterocycles. The van der Waals surface area contributed by atoms with Crippen LogP contribution in [-0.4, -0.2) is 36.7 Å². The Labute approximate surface area is 192 Å². The van der Waals surface area contributed by atoms with E-state index in [9.17, 15) is 13.2 Å². The van der Waals surface area contributed by atoms with Crippen molar-refractivity contribution in [3.63, 3.8) is 0 Å². The van der Waals surface area contributed by atoms with Crippen LogP contribution in [0, 0.1) is 0 Å². The molecule has 3 aromatic rings. The van der Waals surface area contributed by atoms with Crippen LogP contribution in [0.5, 0.6) is 5.88 Å². The number of hydrogen-bond acceptors (Lipinski definition) is 5. The molecule has 0 aliphatic carbocycles. The molecule has 7 nitrogen and oxygen atoms in total. The van der Waals surface area contributed by atoms with Crippen molar-refractivity contribution in [3.05, 3.63) is 83.0 Å². The summed E-state index contributed by atoms with van der Waals surface area (Å²) in [5.74, 6) is -0.100. The Morgan fingerprint density at radius 1 is 1.06 bits per heavy atom. The predicted octanol–water partition coefficient (Wildman–Crippen LogP) is 4.35. The van der Waals surface area contributed by atoms with Crippen molar-refractivity contribution < 1.29 is 17.9 Å². The summed E-state index contributed by atoms with van der Waals surface area (Å²) in [7, 11) is -3.65. The number of benzene rings is 2. The zero-order valence-corrected chi connectivity index (χ0v) is 18.8. The average molecular weight is 472 g/mol. The molecule has 1 fully saturated rings. The Balaban J connectivity index is 1.44. The summed E-state index contributed by atoms with van der Waals surface area (Å²) in [4.78, 5) is 17.0. The second-order valence-corrected chi connectivity index (χ2v) is 9.71. The van der Waals surface area contributed by atoms with E-state index in [1.54, 1.807) is 12.1 Å². The van der Waals surface area contributed by atoms with Crippen LogP contribution >= 0.6 is 11.6 Å². The van der Waals surface area contributed by atoms with E-state index < -0.39 is 15.9 Å². The highest BCUT2D eigenvalue weighted by Crippen LogP contribution is 2.26. The highest BCUT2D eigenvalue weighted by atomic mass is 35.5. The number of rotatable bonds is 7. The molecular formula is C23H22ClN3O4S. The van der Waals surface area contributed by atoms with Crippen molar-refractivity contribution in [3.8, 4) is 5.88 Å². The molecule has 32 heavy (non-hydrogen) atoms. The summed E-state index contributed by atoms with van der Waals surface area (Å²) in [5, 5.41) is 2.86. The van der Waals surface area contributed by atoms with Gasteiger partial charge in [-0.05, 0) is 42.7 Å². The number of aromatic nitrogens is 1. The van der Waals surface area contributed by atoms with E-state index in [0.717, 1.165) is 18.4 Å². The Morgan fingerprint density at radius 2 is 1.81 bits per heavy atom. The monoisotopic (exact) mass is 471 g/mol. The molecule has 0 unspecified atom stereocenters. The third-order valence-electron chi connectivity index (χ3n) is 5.11. The second-order valence-electron chi connectivity index (χ2n) is 7.37. The van der Waals surface area contributed by atoms with Crippen LogP contribution in [0.3, 0.4) is 0 Å². The van der Waals surface area contributed by atoms with Gasteiger partial charge in [0.1, 0.15) is 6.61 Å². The van der Waals surface area contributed by atoms with Gasteiger partial charge in [-0.2, -0.15) is 4.31 Å². The standard InChI is InChI=1S/C23H22ClN3O4S/c24-21-10-9-19(32(29,30)27-12-4-5-13-27)14-20(21)23(28)26-18-8-11-22(25-15-18)31-16-17-6-2-1-3-7-17/h1-3,6-11,14-15H,4-5,12-13,16H2,(H,26,28). The first-order valence-electron chi connectivity index (χ1n) is 10.2. The molecule has 2 heterocycles. The van der Waals surface area contributed by atoms with Crippen LogP contribution < -0.4 is 10.1 Å². The van der Waals surface area contributed by atoms with Gasteiger partial charge in [-0.3, -0.25) is 4.79 Å². The number of anilines is 1. The highest BCUT2D eigenvalue weighted by molar-refractivity contribution is 7.89. The lowest BCUT2D eigenvalue weighted by molar-refractivity contribution is 0.102. The Morgan fingerprint density at radius 3 is 2.50 bits per heavy atom. The third-order valence-corrected chi connectivity index (χ3v) is 7.33. The minimum absolute atomic E-state index is 0.0525. The van der Waals surface area contributed by atoms with E-state index in [0.29, 0.717) is 31.3 Å². The van der Waals surface area contributed by atoms with Gasteiger partial charge in [0, 0.05) is 19.2 Å². The fraction of sp³-hybridized carbons (Fsp3) is 0.217. The van der Waals surface area contributed by atoms with Crippen LogP contribution in [-0.2, 0) is 16.6 Å². The van der Waals surface area contributed by atoms with Crippen molar-refractivity contribution in [1.82, 2.24) is 9.29 Å². The Kier molecular flexibility index (Phi) is 6.74. The second kappa shape index (κ2) is 9.68. The molecule has 2 aromatic carbocycles. The molecule has 1 aliphatic heterocycles. The maximum Gasteiger partial charge on any atom is 0.257 e. The van der Waals surface area contributed by atoms with Gasteiger partial charge in [0.15, 0.2) is 0 Å². The van der Waals surface area contributed by atoms with Gasteiger partial charge in [0.05, 0.1) is 27.4 Å². The van der Waals surface area contributed by atoms with Crippen molar-refractivity contribution in [2.75, 3.05) is 18.4 Å².